The van der Waals surface area contributed by atoms with Crippen molar-refractivity contribution < 1.29 is 9.53 Å². The van der Waals surface area contributed by atoms with E-state index >= 15 is 0 Å². The molecule has 0 bridgehead atoms. The maximum atomic E-state index is 11.7. The first-order valence-corrected chi connectivity index (χ1v) is 7.75. The molecule has 2 rings (SSSR count). The highest BCUT2D eigenvalue weighted by atomic mass is 16.6. The van der Waals surface area contributed by atoms with E-state index in [0.29, 0.717) is 31.2 Å². The van der Waals surface area contributed by atoms with Crippen molar-refractivity contribution in [2.75, 3.05) is 44.0 Å². The third kappa shape index (κ3) is 4.30. The number of anilines is 2. The lowest BCUT2D eigenvalue weighted by Gasteiger charge is -2.32. The molecule has 0 saturated carbocycles. The lowest BCUT2D eigenvalue weighted by molar-refractivity contribution is 0.0983. The van der Waals surface area contributed by atoms with E-state index in [1.807, 2.05) is 19.0 Å². The monoisotopic (exact) mass is 321 g/mol. The van der Waals surface area contributed by atoms with Crippen LogP contribution in [0, 0.1) is 4.91 Å². The van der Waals surface area contributed by atoms with Crippen molar-refractivity contribution in [2.45, 2.75) is 25.8 Å². The zero-order valence-corrected chi connectivity index (χ0v) is 13.8. The summed E-state index contributed by atoms with van der Waals surface area (Å²) in [6.07, 6.45) is 1.27. The number of carbonyl (C=O) groups is 1. The van der Waals surface area contributed by atoms with Gasteiger partial charge in [0.1, 0.15) is 11.5 Å². The summed E-state index contributed by atoms with van der Waals surface area (Å²) in [5.41, 5.74) is 0.295. The van der Waals surface area contributed by atoms with Gasteiger partial charge in [0, 0.05) is 33.2 Å². The molecule has 0 aliphatic carbocycles. The molecule has 1 aromatic rings. The SMILES string of the molecule is CCOC(=O)N1CCC(Nc2nc(N(C)C)ccc2N=O)CC1. The summed E-state index contributed by atoms with van der Waals surface area (Å²) in [5, 5.41) is 6.30. The molecule has 1 aromatic heterocycles. The minimum Gasteiger partial charge on any atom is -0.450 e. The van der Waals surface area contributed by atoms with Gasteiger partial charge in [-0.2, -0.15) is 0 Å². The van der Waals surface area contributed by atoms with Gasteiger partial charge in [0.25, 0.3) is 0 Å². The molecular weight excluding hydrogens is 298 g/mol. The fourth-order valence-corrected chi connectivity index (χ4v) is 2.48. The van der Waals surface area contributed by atoms with Crippen molar-refractivity contribution in [3.63, 3.8) is 0 Å². The van der Waals surface area contributed by atoms with Gasteiger partial charge in [-0.15, -0.1) is 4.91 Å². The van der Waals surface area contributed by atoms with E-state index in [1.54, 1.807) is 24.0 Å². The van der Waals surface area contributed by atoms with Gasteiger partial charge in [0.2, 0.25) is 0 Å². The normalized spacial score (nSPS) is 15.2. The first kappa shape index (κ1) is 17.0. The highest BCUT2D eigenvalue weighted by molar-refractivity contribution is 5.68. The first-order chi connectivity index (χ1) is 11.0. The largest absolute Gasteiger partial charge is 0.450 e. The standard InChI is InChI=1S/C15H23N5O3/c1-4-23-15(21)20-9-7-11(8-10-20)16-14-12(18-22)5-6-13(17-14)19(2)3/h5-6,11H,4,7-10H2,1-3H3,(H,16,17). The molecule has 1 N–H and O–H groups in total. The van der Waals surface area contributed by atoms with Gasteiger partial charge in [-0.1, -0.05) is 0 Å². The molecule has 0 spiro atoms. The second kappa shape index (κ2) is 7.75. The Labute approximate surface area is 135 Å². The van der Waals surface area contributed by atoms with Crippen LogP contribution in [0.3, 0.4) is 0 Å². The summed E-state index contributed by atoms with van der Waals surface area (Å²) < 4.78 is 5.01. The van der Waals surface area contributed by atoms with Gasteiger partial charge in [-0.05, 0) is 37.1 Å². The van der Waals surface area contributed by atoms with Crippen LogP contribution < -0.4 is 10.2 Å². The van der Waals surface area contributed by atoms with Crippen molar-refractivity contribution in [1.82, 2.24) is 9.88 Å². The molecule has 1 aliphatic rings. The first-order valence-electron chi connectivity index (χ1n) is 7.75. The fraction of sp³-hybridized carbons (Fsp3) is 0.600. The minimum absolute atomic E-state index is 0.145. The summed E-state index contributed by atoms with van der Waals surface area (Å²) >= 11 is 0. The predicted octanol–water partition coefficient (Wildman–Crippen LogP) is 2.58. The Morgan fingerprint density at radius 3 is 2.70 bits per heavy atom. The lowest BCUT2D eigenvalue weighted by atomic mass is 10.1. The highest BCUT2D eigenvalue weighted by Crippen LogP contribution is 2.27. The molecule has 23 heavy (non-hydrogen) atoms. The number of nitrogens with one attached hydrogen (secondary N) is 1. The Kier molecular flexibility index (Phi) is 5.72. The molecular formula is C15H23N5O3. The van der Waals surface area contributed by atoms with E-state index in [-0.39, 0.29) is 12.1 Å². The van der Waals surface area contributed by atoms with Crippen LogP contribution in [0.2, 0.25) is 0 Å². The summed E-state index contributed by atoms with van der Waals surface area (Å²) in [4.78, 5) is 30.6. The predicted molar refractivity (Wildman–Crippen MR) is 89.3 cm³/mol. The maximum absolute atomic E-state index is 11.7. The number of ether oxygens (including phenoxy) is 1. The van der Waals surface area contributed by atoms with Crippen molar-refractivity contribution in [2.24, 2.45) is 5.18 Å². The number of nitrogens with zero attached hydrogens (tertiary/aromatic N) is 4. The quantitative estimate of drug-likeness (QED) is 0.839. The third-order valence-corrected chi connectivity index (χ3v) is 3.78. The molecule has 1 fully saturated rings. The fourth-order valence-electron chi connectivity index (χ4n) is 2.48. The summed E-state index contributed by atoms with van der Waals surface area (Å²) in [6, 6.07) is 3.56. The molecule has 0 aromatic carbocycles. The molecule has 0 radical (unpaired) electrons. The van der Waals surface area contributed by atoms with Crippen LogP contribution in [-0.2, 0) is 4.74 Å². The number of hydrogen-bond donors (Lipinski definition) is 1. The molecule has 126 valence electrons. The van der Waals surface area contributed by atoms with Crippen LogP contribution in [0.1, 0.15) is 19.8 Å². The van der Waals surface area contributed by atoms with Crippen molar-refractivity contribution in [3.8, 4) is 0 Å². The minimum atomic E-state index is -0.270. The summed E-state index contributed by atoms with van der Waals surface area (Å²) in [5.74, 6) is 1.24. The Balaban J connectivity index is 1.99. The Hall–Kier alpha value is -2.38. The van der Waals surface area contributed by atoms with Crippen LogP contribution in [0.5, 0.6) is 0 Å². The van der Waals surface area contributed by atoms with E-state index < -0.39 is 0 Å². The zero-order chi connectivity index (χ0) is 16.8. The Morgan fingerprint density at radius 2 is 2.13 bits per heavy atom. The third-order valence-electron chi connectivity index (χ3n) is 3.78. The molecule has 1 amide bonds. The molecule has 8 nitrogen and oxygen atoms in total. The molecule has 1 saturated heterocycles. The molecule has 0 atom stereocenters. The number of amides is 1. The molecule has 0 unspecified atom stereocenters. The second-order valence-electron chi connectivity index (χ2n) is 5.63. The maximum Gasteiger partial charge on any atom is 0.409 e. The summed E-state index contributed by atoms with van der Waals surface area (Å²) in [7, 11) is 3.77. The van der Waals surface area contributed by atoms with Gasteiger partial charge in [0.05, 0.1) is 6.61 Å². The van der Waals surface area contributed by atoms with E-state index in [4.69, 9.17) is 4.74 Å². The van der Waals surface area contributed by atoms with Gasteiger partial charge in [0.15, 0.2) is 5.82 Å². The highest BCUT2D eigenvalue weighted by Gasteiger charge is 2.24. The van der Waals surface area contributed by atoms with Gasteiger partial charge in [-0.3, -0.25) is 0 Å². The van der Waals surface area contributed by atoms with Gasteiger partial charge < -0.3 is 19.9 Å². The van der Waals surface area contributed by atoms with Crippen molar-refractivity contribution in [1.29, 1.82) is 0 Å². The Morgan fingerprint density at radius 1 is 1.43 bits per heavy atom. The zero-order valence-electron chi connectivity index (χ0n) is 13.8. The Bertz CT molecular complexity index is 556. The topological polar surface area (TPSA) is 87.1 Å². The number of hydrogen-bond acceptors (Lipinski definition) is 7. The van der Waals surface area contributed by atoms with Gasteiger partial charge >= 0.3 is 6.09 Å². The molecule has 8 heteroatoms. The number of aromatic nitrogens is 1. The van der Waals surface area contributed by atoms with Crippen LogP contribution in [0.15, 0.2) is 17.3 Å². The molecule has 2 heterocycles. The number of piperidine rings is 1. The van der Waals surface area contributed by atoms with Crippen LogP contribution in [0.25, 0.3) is 0 Å². The van der Waals surface area contributed by atoms with Crippen LogP contribution >= 0.6 is 0 Å². The number of rotatable bonds is 5. The number of pyridine rings is 1. The van der Waals surface area contributed by atoms with E-state index in [2.05, 4.69) is 15.5 Å². The van der Waals surface area contributed by atoms with Crippen molar-refractivity contribution in [3.05, 3.63) is 17.0 Å². The summed E-state index contributed by atoms with van der Waals surface area (Å²) in [6.45, 7) is 3.41. The average Bonchev–Trinajstić information content (AvgIpc) is 2.55. The van der Waals surface area contributed by atoms with Crippen LogP contribution in [-0.4, -0.2) is 55.8 Å². The molecule has 1 aliphatic heterocycles. The van der Waals surface area contributed by atoms with Gasteiger partial charge in [-0.25, -0.2) is 9.78 Å². The number of nitroso groups, excluding NO2 is 1. The van der Waals surface area contributed by atoms with Crippen molar-refractivity contribution >= 4 is 23.4 Å². The average molecular weight is 321 g/mol. The van der Waals surface area contributed by atoms with E-state index in [9.17, 15) is 9.70 Å². The second-order valence-corrected chi connectivity index (χ2v) is 5.63. The number of carbonyl (C=O) groups excluding carboxylic acids is 1. The number of likely N-dealkylation sites (tertiary alicyclic amines) is 1. The van der Waals surface area contributed by atoms with E-state index in [0.717, 1.165) is 18.7 Å². The van der Waals surface area contributed by atoms with E-state index in [1.165, 1.54) is 0 Å². The smallest absolute Gasteiger partial charge is 0.409 e. The van der Waals surface area contributed by atoms with Crippen LogP contribution in [0.4, 0.5) is 22.1 Å². The lowest BCUT2D eigenvalue weighted by Crippen LogP contribution is -2.42.